The van der Waals surface area contributed by atoms with Gasteiger partial charge in [-0.15, -0.1) is 0 Å². The summed E-state index contributed by atoms with van der Waals surface area (Å²) in [5.41, 5.74) is 8.79. The number of benzene rings is 3. The number of fused-ring (bicyclic) bond motifs is 8. The molecule has 0 unspecified atom stereocenters. The molecule has 42 heavy (non-hydrogen) atoms. The minimum Gasteiger partial charge on any atom is -0.489 e. The summed E-state index contributed by atoms with van der Waals surface area (Å²) in [6, 6.07) is 12.7. The Kier molecular flexibility index (Phi) is 11.4. The summed E-state index contributed by atoms with van der Waals surface area (Å²) in [4.78, 5) is 0. The van der Waals surface area contributed by atoms with Crippen molar-refractivity contribution in [1.82, 2.24) is 0 Å². The summed E-state index contributed by atoms with van der Waals surface area (Å²) in [5, 5.41) is 0. The van der Waals surface area contributed by atoms with Gasteiger partial charge in [0.15, 0.2) is 0 Å². The average Bonchev–Trinajstić information content (AvgIpc) is 2.97. The zero-order valence-corrected chi connectivity index (χ0v) is 25.1. The van der Waals surface area contributed by atoms with Crippen molar-refractivity contribution in [1.29, 1.82) is 0 Å². The van der Waals surface area contributed by atoms with Crippen LogP contribution >= 0.6 is 0 Å². The van der Waals surface area contributed by atoms with Crippen LogP contribution in [0.1, 0.15) is 27.8 Å². The Morgan fingerprint density at radius 2 is 0.857 bits per heavy atom. The Bertz CT molecular complexity index is 1310. The molecule has 0 spiro atoms. The van der Waals surface area contributed by atoms with Crippen LogP contribution in [-0.4, -0.2) is 46.2 Å². The summed E-state index contributed by atoms with van der Waals surface area (Å²) >= 11 is 0. The van der Waals surface area contributed by atoms with Crippen LogP contribution in [-0.2, 0) is 27.4 Å². The Hall–Kier alpha value is -3.84. The molecule has 1 heterocycles. The van der Waals surface area contributed by atoms with Crippen molar-refractivity contribution in [3.8, 4) is 39.5 Å². The molecule has 1 aliphatic heterocycles. The highest BCUT2D eigenvalue weighted by Gasteiger charge is 2.24. The van der Waals surface area contributed by atoms with Gasteiger partial charge in [0.05, 0.1) is 39.6 Å². The molecule has 0 fully saturated rings. The van der Waals surface area contributed by atoms with E-state index in [1.165, 1.54) is 0 Å². The zero-order valence-electron chi connectivity index (χ0n) is 25.1. The molecule has 0 saturated heterocycles. The number of rotatable bonds is 9. The van der Waals surface area contributed by atoms with E-state index in [0.717, 1.165) is 67.3 Å². The average molecular weight is 571 g/mol. The predicted octanol–water partition coefficient (Wildman–Crippen LogP) is 7.70. The molecule has 0 radical (unpaired) electrons. The van der Waals surface area contributed by atoms with E-state index in [4.69, 9.17) is 28.4 Å². The number of hydrogen-bond acceptors (Lipinski definition) is 6. The zero-order chi connectivity index (χ0) is 29.9. The maximum absolute atomic E-state index is 6.50. The highest BCUT2D eigenvalue weighted by molar-refractivity contribution is 5.88. The molecule has 0 amide bonds. The van der Waals surface area contributed by atoms with Gasteiger partial charge in [0, 0.05) is 33.4 Å². The molecule has 3 aromatic rings. The van der Waals surface area contributed by atoms with Crippen molar-refractivity contribution in [2.24, 2.45) is 0 Å². The first-order valence-corrected chi connectivity index (χ1v) is 14.3. The van der Waals surface area contributed by atoms with E-state index in [9.17, 15) is 0 Å². The van der Waals surface area contributed by atoms with Crippen LogP contribution in [0.15, 0.2) is 74.4 Å². The van der Waals surface area contributed by atoms with E-state index >= 15 is 0 Å². The van der Waals surface area contributed by atoms with Crippen LogP contribution in [0.25, 0.3) is 22.3 Å². The molecule has 0 aromatic heterocycles. The molecule has 0 aliphatic carbocycles. The molecule has 0 N–H and O–H groups in total. The van der Waals surface area contributed by atoms with Gasteiger partial charge >= 0.3 is 0 Å². The van der Waals surface area contributed by atoms with Crippen molar-refractivity contribution in [3.05, 3.63) is 102 Å². The van der Waals surface area contributed by atoms with Gasteiger partial charge in [-0.05, 0) is 61.7 Å². The molecule has 222 valence electrons. The second-order valence-electron chi connectivity index (χ2n) is 10.3. The maximum Gasteiger partial charge on any atom is 0.135 e. The number of aryl methyl sites for hydroxylation is 3. The molecule has 6 bridgehead atoms. The largest absolute Gasteiger partial charge is 0.489 e. The standard InChI is InChI=1S/C36H42O6/c1-7-10-40-34-28-17-25(4)19-30(34)32-21-27(6)22-33(36(32)42-12-9-3)31-20-26(5)18-29(35(31)41-11-8-2)24-39-16-14-37-13-15-38-23-28/h7-9,17-22H,1-3,10-16,23-24H2,4-6H3. The third kappa shape index (κ3) is 7.71. The van der Waals surface area contributed by atoms with E-state index < -0.39 is 0 Å². The van der Waals surface area contributed by atoms with Crippen LogP contribution in [0.5, 0.6) is 17.2 Å². The first kappa shape index (κ1) is 31.1. The first-order chi connectivity index (χ1) is 20.5. The molecule has 6 nitrogen and oxygen atoms in total. The fourth-order valence-corrected chi connectivity index (χ4v) is 5.11. The highest BCUT2D eigenvalue weighted by Crippen LogP contribution is 2.48. The van der Waals surface area contributed by atoms with Gasteiger partial charge in [-0.25, -0.2) is 0 Å². The molecule has 4 rings (SSSR count). The Balaban J connectivity index is 2.05. The molecule has 0 saturated carbocycles. The summed E-state index contributed by atoms with van der Waals surface area (Å²) < 4.78 is 37.0. The minimum atomic E-state index is 0.332. The summed E-state index contributed by atoms with van der Waals surface area (Å²) in [7, 11) is 0. The predicted molar refractivity (Wildman–Crippen MR) is 169 cm³/mol. The Morgan fingerprint density at radius 1 is 0.524 bits per heavy atom. The van der Waals surface area contributed by atoms with Crippen molar-refractivity contribution >= 4 is 0 Å². The Labute approximate surface area is 250 Å². The van der Waals surface area contributed by atoms with Crippen LogP contribution in [0.3, 0.4) is 0 Å². The van der Waals surface area contributed by atoms with Gasteiger partial charge in [0.25, 0.3) is 0 Å². The summed E-state index contributed by atoms with van der Waals surface area (Å²) in [6.45, 7) is 21.5. The first-order valence-electron chi connectivity index (χ1n) is 14.3. The lowest BCUT2D eigenvalue weighted by atomic mass is 9.90. The van der Waals surface area contributed by atoms with E-state index in [-0.39, 0.29) is 0 Å². The third-order valence-electron chi connectivity index (χ3n) is 6.73. The molecular formula is C36H42O6. The smallest absolute Gasteiger partial charge is 0.135 e. The summed E-state index contributed by atoms with van der Waals surface area (Å²) in [5.74, 6) is 2.20. The fraction of sp³-hybridized carbons (Fsp3) is 0.333. The van der Waals surface area contributed by atoms with Gasteiger partial charge in [0.2, 0.25) is 0 Å². The lowest BCUT2D eigenvalue weighted by molar-refractivity contribution is 0.00646. The van der Waals surface area contributed by atoms with Gasteiger partial charge in [-0.2, -0.15) is 0 Å². The topological polar surface area (TPSA) is 55.4 Å². The van der Waals surface area contributed by atoms with Crippen molar-refractivity contribution in [2.75, 3.05) is 46.2 Å². The van der Waals surface area contributed by atoms with Crippen LogP contribution < -0.4 is 14.2 Å². The molecular weight excluding hydrogens is 528 g/mol. The van der Waals surface area contributed by atoms with E-state index in [1.807, 2.05) is 0 Å². The van der Waals surface area contributed by atoms with E-state index in [2.05, 4.69) is 76.9 Å². The Morgan fingerprint density at radius 3 is 1.26 bits per heavy atom. The molecule has 0 atom stereocenters. The van der Waals surface area contributed by atoms with Crippen LogP contribution in [0.4, 0.5) is 0 Å². The van der Waals surface area contributed by atoms with Crippen molar-refractivity contribution in [2.45, 2.75) is 34.0 Å². The minimum absolute atomic E-state index is 0.332. The maximum atomic E-state index is 6.50. The lowest BCUT2D eigenvalue weighted by Gasteiger charge is -2.23. The SMILES string of the molecule is C=CCOc1c2cc(C)cc1-c1cc(C)cc(c1OCC=C)-c1cc(C)cc(c1OCC=C)COCCOCCOC2. The van der Waals surface area contributed by atoms with Crippen LogP contribution in [0, 0.1) is 20.8 Å². The lowest BCUT2D eigenvalue weighted by Crippen LogP contribution is -2.11. The number of ether oxygens (including phenoxy) is 6. The molecule has 1 aliphatic rings. The number of hydrogen-bond donors (Lipinski definition) is 0. The third-order valence-corrected chi connectivity index (χ3v) is 6.73. The molecule has 6 heteroatoms. The monoisotopic (exact) mass is 570 g/mol. The second kappa shape index (κ2) is 15.4. The molecule has 3 aromatic carbocycles. The van der Waals surface area contributed by atoms with Gasteiger partial charge in [0.1, 0.15) is 37.1 Å². The van der Waals surface area contributed by atoms with Gasteiger partial charge in [-0.1, -0.05) is 50.1 Å². The summed E-state index contributed by atoms with van der Waals surface area (Å²) in [6.07, 6.45) is 5.25. The van der Waals surface area contributed by atoms with Crippen molar-refractivity contribution < 1.29 is 28.4 Å². The second-order valence-corrected chi connectivity index (χ2v) is 10.3. The van der Waals surface area contributed by atoms with Gasteiger partial charge in [-0.3, -0.25) is 0 Å². The van der Waals surface area contributed by atoms with E-state index in [0.29, 0.717) is 59.5 Å². The van der Waals surface area contributed by atoms with Crippen molar-refractivity contribution in [3.63, 3.8) is 0 Å². The quantitative estimate of drug-likeness (QED) is 0.246. The fourth-order valence-electron chi connectivity index (χ4n) is 5.11. The van der Waals surface area contributed by atoms with Gasteiger partial charge < -0.3 is 28.4 Å². The normalized spacial score (nSPS) is 13.8. The van der Waals surface area contributed by atoms with E-state index in [1.54, 1.807) is 18.2 Å². The highest BCUT2D eigenvalue weighted by atomic mass is 16.5. The van der Waals surface area contributed by atoms with Crippen LogP contribution in [0.2, 0.25) is 0 Å².